The fourth-order valence-electron chi connectivity index (χ4n) is 2.48. The minimum absolute atomic E-state index is 0.101. The summed E-state index contributed by atoms with van der Waals surface area (Å²) < 4.78 is 10.4. The van der Waals surface area contributed by atoms with Crippen molar-refractivity contribution in [1.29, 1.82) is 0 Å². The molecule has 0 bridgehead atoms. The number of nitrogens with zero attached hydrogens (tertiary/aromatic N) is 1. The lowest BCUT2D eigenvalue weighted by Crippen LogP contribution is -2.71. The number of ether oxygens (including phenoxy) is 2. The van der Waals surface area contributed by atoms with E-state index >= 15 is 0 Å². The van der Waals surface area contributed by atoms with Crippen LogP contribution in [0.15, 0.2) is 18.2 Å². The summed E-state index contributed by atoms with van der Waals surface area (Å²) in [5.41, 5.74) is 6.91. The molecule has 1 aliphatic heterocycles. The highest BCUT2D eigenvalue weighted by molar-refractivity contribution is 5.80. The first-order chi connectivity index (χ1) is 9.89. The van der Waals surface area contributed by atoms with Crippen LogP contribution in [0, 0.1) is 5.92 Å². The molecule has 1 saturated heterocycles. The lowest BCUT2D eigenvalue weighted by molar-refractivity contribution is -0.139. The lowest BCUT2D eigenvalue weighted by Gasteiger charge is -2.50. The second-order valence-electron chi connectivity index (χ2n) is 6.00. The molecule has 0 saturated carbocycles. The quantitative estimate of drug-likeness (QED) is 0.892. The molecule has 1 aromatic carbocycles. The van der Waals surface area contributed by atoms with E-state index in [2.05, 4.69) is 13.8 Å². The highest BCUT2D eigenvalue weighted by Gasteiger charge is 2.43. The van der Waals surface area contributed by atoms with Gasteiger partial charge in [0.15, 0.2) is 11.5 Å². The van der Waals surface area contributed by atoms with Crippen LogP contribution in [0.25, 0.3) is 0 Å². The van der Waals surface area contributed by atoms with Crippen molar-refractivity contribution in [1.82, 2.24) is 4.90 Å². The molecular weight excluding hydrogens is 268 g/mol. The van der Waals surface area contributed by atoms with Crippen LogP contribution in [0.5, 0.6) is 11.5 Å². The van der Waals surface area contributed by atoms with Crippen LogP contribution in [-0.4, -0.2) is 43.7 Å². The zero-order chi connectivity index (χ0) is 15.6. The number of amides is 1. The smallest absolute Gasteiger partial charge is 0.227 e. The van der Waals surface area contributed by atoms with E-state index in [1.807, 2.05) is 23.1 Å². The SMILES string of the molecule is COc1ccc(CC(=O)N2CC(N)(C(C)C)C2)cc1OC. The third-order valence-electron chi connectivity index (χ3n) is 4.28. The number of nitrogens with two attached hydrogens (primary N) is 1. The van der Waals surface area contributed by atoms with Crippen molar-refractivity contribution in [2.75, 3.05) is 27.3 Å². The summed E-state index contributed by atoms with van der Waals surface area (Å²) in [5.74, 6) is 1.78. The predicted octanol–water partition coefficient (Wildman–Crippen LogP) is 1.44. The summed E-state index contributed by atoms with van der Waals surface area (Å²) in [7, 11) is 3.18. The van der Waals surface area contributed by atoms with Gasteiger partial charge in [-0.3, -0.25) is 4.79 Å². The molecule has 1 aromatic rings. The van der Waals surface area contributed by atoms with Crippen LogP contribution in [0.3, 0.4) is 0 Å². The Hall–Kier alpha value is -1.75. The van der Waals surface area contributed by atoms with E-state index < -0.39 is 0 Å². The van der Waals surface area contributed by atoms with Gasteiger partial charge in [-0.05, 0) is 23.6 Å². The van der Waals surface area contributed by atoms with Gasteiger partial charge in [0.05, 0.1) is 26.2 Å². The molecule has 5 heteroatoms. The van der Waals surface area contributed by atoms with E-state index in [0.29, 0.717) is 36.9 Å². The monoisotopic (exact) mass is 292 g/mol. The maximum atomic E-state index is 12.3. The molecular formula is C16H24N2O3. The maximum Gasteiger partial charge on any atom is 0.227 e. The van der Waals surface area contributed by atoms with Gasteiger partial charge in [0.2, 0.25) is 5.91 Å². The van der Waals surface area contributed by atoms with Gasteiger partial charge in [-0.2, -0.15) is 0 Å². The van der Waals surface area contributed by atoms with Gasteiger partial charge in [0, 0.05) is 13.1 Å². The summed E-state index contributed by atoms with van der Waals surface area (Å²) in [6, 6.07) is 5.55. The third-order valence-corrected chi connectivity index (χ3v) is 4.28. The average molecular weight is 292 g/mol. The van der Waals surface area contributed by atoms with Crippen molar-refractivity contribution in [3.63, 3.8) is 0 Å². The molecule has 0 aromatic heterocycles. The number of methoxy groups -OCH3 is 2. The molecule has 1 fully saturated rings. The summed E-state index contributed by atoms with van der Waals surface area (Å²) in [4.78, 5) is 14.1. The van der Waals surface area contributed by atoms with Crippen molar-refractivity contribution in [2.24, 2.45) is 11.7 Å². The summed E-state index contributed by atoms with van der Waals surface area (Å²) in [5, 5.41) is 0. The van der Waals surface area contributed by atoms with Crippen molar-refractivity contribution >= 4 is 5.91 Å². The molecule has 116 valence electrons. The molecule has 1 aliphatic rings. The van der Waals surface area contributed by atoms with Crippen LogP contribution in [-0.2, 0) is 11.2 Å². The normalized spacial score (nSPS) is 16.6. The van der Waals surface area contributed by atoms with Gasteiger partial charge in [0.1, 0.15) is 0 Å². The van der Waals surface area contributed by atoms with E-state index in [0.717, 1.165) is 5.56 Å². The number of hydrogen-bond donors (Lipinski definition) is 1. The van der Waals surface area contributed by atoms with Crippen molar-refractivity contribution in [3.05, 3.63) is 23.8 Å². The Labute approximate surface area is 126 Å². The molecule has 0 unspecified atom stereocenters. The van der Waals surface area contributed by atoms with E-state index in [-0.39, 0.29) is 11.4 Å². The fraction of sp³-hybridized carbons (Fsp3) is 0.562. The fourth-order valence-corrected chi connectivity index (χ4v) is 2.48. The van der Waals surface area contributed by atoms with Gasteiger partial charge in [-0.1, -0.05) is 19.9 Å². The molecule has 21 heavy (non-hydrogen) atoms. The van der Waals surface area contributed by atoms with Gasteiger partial charge in [-0.25, -0.2) is 0 Å². The number of benzene rings is 1. The number of likely N-dealkylation sites (tertiary alicyclic amines) is 1. The first-order valence-corrected chi connectivity index (χ1v) is 7.17. The van der Waals surface area contributed by atoms with Crippen LogP contribution in [0.2, 0.25) is 0 Å². The minimum atomic E-state index is -0.229. The van der Waals surface area contributed by atoms with Crippen molar-refractivity contribution in [3.8, 4) is 11.5 Å². The van der Waals surface area contributed by atoms with E-state index in [9.17, 15) is 4.79 Å². The Bertz CT molecular complexity index is 522. The highest BCUT2D eigenvalue weighted by atomic mass is 16.5. The second kappa shape index (κ2) is 5.93. The Morgan fingerprint density at radius 1 is 1.29 bits per heavy atom. The van der Waals surface area contributed by atoms with E-state index in [1.54, 1.807) is 14.2 Å². The largest absolute Gasteiger partial charge is 0.493 e. The first-order valence-electron chi connectivity index (χ1n) is 7.17. The predicted molar refractivity (Wildman–Crippen MR) is 81.6 cm³/mol. The number of carbonyl (C=O) groups excluding carboxylic acids is 1. The Kier molecular flexibility index (Phi) is 4.42. The molecule has 1 amide bonds. The summed E-state index contributed by atoms with van der Waals surface area (Å²) >= 11 is 0. The average Bonchev–Trinajstić information content (AvgIpc) is 2.43. The molecule has 0 spiro atoms. The van der Waals surface area contributed by atoms with Crippen LogP contribution >= 0.6 is 0 Å². The molecule has 2 N–H and O–H groups in total. The minimum Gasteiger partial charge on any atom is -0.493 e. The van der Waals surface area contributed by atoms with Gasteiger partial charge >= 0.3 is 0 Å². The molecule has 2 rings (SSSR count). The topological polar surface area (TPSA) is 64.8 Å². The van der Waals surface area contributed by atoms with Gasteiger partial charge in [0.25, 0.3) is 0 Å². The third kappa shape index (κ3) is 3.13. The molecule has 0 radical (unpaired) electrons. The lowest BCUT2D eigenvalue weighted by atomic mass is 9.80. The molecule has 0 atom stereocenters. The maximum absolute atomic E-state index is 12.3. The van der Waals surface area contributed by atoms with Gasteiger partial charge < -0.3 is 20.1 Å². The second-order valence-corrected chi connectivity index (χ2v) is 6.00. The highest BCUT2D eigenvalue weighted by Crippen LogP contribution is 2.29. The zero-order valence-corrected chi connectivity index (χ0v) is 13.2. The first kappa shape index (κ1) is 15.6. The van der Waals surface area contributed by atoms with E-state index in [1.165, 1.54) is 0 Å². The summed E-state index contributed by atoms with van der Waals surface area (Å²) in [6.45, 7) is 5.46. The van der Waals surface area contributed by atoms with Crippen LogP contribution in [0.1, 0.15) is 19.4 Å². The molecule has 5 nitrogen and oxygen atoms in total. The van der Waals surface area contributed by atoms with Gasteiger partial charge in [-0.15, -0.1) is 0 Å². The molecule has 0 aliphatic carbocycles. The molecule has 1 heterocycles. The van der Waals surface area contributed by atoms with Crippen LogP contribution < -0.4 is 15.2 Å². The van der Waals surface area contributed by atoms with E-state index in [4.69, 9.17) is 15.2 Å². The van der Waals surface area contributed by atoms with Crippen molar-refractivity contribution < 1.29 is 14.3 Å². The number of hydrogen-bond acceptors (Lipinski definition) is 4. The number of rotatable bonds is 5. The number of carbonyl (C=O) groups is 1. The summed E-state index contributed by atoms with van der Waals surface area (Å²) in [6.07, 6.45) is 0.356. The van der Waals surface area contributed by atoms with Crippen molar-refractivity contribution in [2.45, 2.75) is 25.8 Å². The standard InChI is InChI=1S/C16H24N2O3/c1-11(2)16(17)9-18(10-16)15(19)8-12-5-6-13(20-3)14(7-12)21-4/h5-7,11H,8-10,17H2,1-4H3. The Balaban J connectivity index is 1.98. The zero-order valence-electron chi connectivity index (χ0n) is 13.2. The Morgan fingerprint density at radius 2 is 1.90 bits per heavy atom. The van der Waals surface area contributed by atoms with Crippen LogP contribution in [0.4, 0.5) is 0 Å². The Morgan fingerprint density at radius 3 is 2.43 bits per heavy atom.